The summed E-state index contributed by atoms with van der Waals surface area (Å²) in [5, 5.41) is 3.58. The van der Waals surface area contributed by atoms with Gasteiger partial charge in [0.05, 0.1) is 6.61 Å². The predicted octanol–water partition coefficient (Wildman–Crippen LogP) is 4.56. The maximum absolute atomic E-state index is 5.49. The smallest absolute Gasteiger partial charge is 0.119 e. The van der Waals surface area contributed by atoms with E-state index in [-0.39, 0.29) is 0 Å². The first-order valence-corrected chi connectivity index (χ1v) is 7.63. The minimum atomic E-state index is 0.472. The maximum atomic E-state index is 5.49. The SMILES string of the molecule is CCNC(CCCC(C)C)c1ccc(OCC)cc1. The Hall–Kier alpha value is -1.02. The van der Waals surface area contributed by atoms with E-state index in [0.717, 1.165) is 24.8 Å². The van der Waals surface area contributed by atoms with Crippen LogP contribution < -0.4 is 10.1 Å². The van der Waals surface area contributed by atoms with Crippen molar-refractivity contribution in [1.29, 1.82) is 0 Å². The topological polar surface area (TPSA) is 21.3 Å². The number of hydrogen-bond acceptors (Lipinski definition) is 2. The molecule has 2 heteroatoms. The molecular formula is C17H29NO. The van der Waals surface area contributed by atoms with Crippen LogP contribution in [-0.4, -0.2) is 13.2 Å². The van der Waals surface area contributed by atoms with Crippen LogP contribution in [0.25, 0.3) is 0 Å². The van der Waals surface area contributed by atoms with Crippen molar-refractivity contribution in [3.05, 3.63) is 29.8 Å². The van der Waals surface area contributed by atoms with E-state index < -0.39 is 0 Å². The Morgan fingerprint density at radius 2 is 1.74 bits per heavy atom. The predicted molar refractivity (Wildman–Crippen MR) is 82.7 cm³/mol. The first-order chi connectivity index (χ1) is 9.17. The zero-order chi connectivity index (χ0) is 14.1. The molecular weight excluding hydrogens is 234 g/mol. The fraction of sp³-hybridized carbons (Fsp3) is 0.647. The third-order valence-corrected chi connectivity index (χ3v) is 3.32. The third kappa shape index (κ3) is 6.11. The monoisotopic (exact) mass is 263 g/mol. The van der Waals surface area contributed by atoms with Gasteiger partial charge in [-0.25, -0.2) is 0 Å². The molecule has 0 aliphatic rings. The Bertz CT molecular complexity index is 332. The lowest BCUT2D eigenvalue weighted by Crippen LogP contribution is -2.20. The van der Waals surface area contributed by atoms with Crippen molar-refractivity contribution in [2.45, 2.75) is 53.0 Å². The van der Waals surface area contributed by atoms with Gasteiger partial charge in [-0.15, -0.1) is 0 Å². The fourth-order valence-electron chi connectivity index (χ4n) is 2.33. The summed E-state index contributed by atoms with van der Waals surface area (Å²) in [5.41, 5.74) is 1.37. The summed E-state index contributed by atoms with van der Waals surface area (Å²) < 4.78 is 5.49. The zero-order valence-electron chi connectivity index (χ0n) is 12.9. The van der Waals surface area contributed by atoms with E-state index in [4.69, 9.17) is 4.74 Å². The summed E-state index contributed by atoms with van der Waals surface area (Å²) in [6, 6.07) is 9.00. The van der Waals surface area contributed by atoms with Crippen molar-refractivity contribution in [2.24, 2.45) is 5.92 Å². The molecule has 1 aromatic rings. The Labute approximate surface area is 118 Å². The molecule has 2 nitrogen and oxygen atoms in total. The van der Waals surface area contributed by atoms with Crippen molar-refractivity contribution in [1.82, 2.24) is 5.32 Å². The Kier molecular flexibility index (Phi) is 7.57. The van der Waals surface area contributed by atoms with E-state index in [1.807, 2.05) is 6.92 Å². The molecule has 108 valence electrons. The van der Waals surface area contributed by atoms with Crippen molar-refractivity contribution in [3.63, 3.8) is 0 Å². The van der Waals surface area contributed by atoms with Crippen molar-refractivity contribution in [2.75, 3.05) is 13.2 Å². The highest BCUT2D eigenvalue weighted by Gasteiger charge is 2.10. The Balaban J connectivity index is 2.58. The molecule has 0 spiro atoms. The molecule has 0 amide bonds. The molecule has 0 saturated heterocycles. The van der Waals surface area contributed by atoms with Crippen LogP contribution in [0.5, 0.6) is 5.75 Å². The van der Waals surface area contributed by atoms with Gasteiger partial charge < -0.3 is 10.1 Å². The summed E-state index contributed by atoms with van der Waals surface area (Å²) in [7, 11) is 0. The second-order valence-corrected chi connectivity index (χ2v) is 5.44. The van der Waals surface area contributed by atoms with Gasteiger partial charge in [0.25, 0.3) is 0 Å². The van der Waals surface area contributed by atoms with Crippen LogP contribution in [0.1, 0.15) is 58.6 Å². The highest BCUT2D eigenvalue weighted by molar-refractivity contribution is 5.29. The molecule has 0 aromatic heterocycles. The molecule has 0 radical (unpaired) electrons. The summed E-state index contributed by atoms with van der Waals surface area (Å²) in [6.07, 6.45) is 3.79. The number of nitrogens with one attached hydrogen (secondary N) is 1. The molecule has 1 rings (SSSR count). The third-order valence-electron chi connectivity index (χ3n) is 3.32. The van der Waals surface area contributed by atoms with Gasteiger partial charge in [-0.1, -0.05) is 45.7 Å². The average molecular weight is 263 g/mol. The van der Waals surface area contributed by atoms with E-state index in [0.29, 0.717) is 6.04 Å². The number of rotatable bonds is 9. The quantitative estimate of drug-likeness (QED) is 0.705. The molecule has 1 atom stereocenters. The number of ether oxygens (including phenoxy) is 1. The van der Waals surface area contributed by atoms with Crippen molar-refractivity contribution >= 4 is 0 Å². The number of benzene rings is 1. The van der Waals surface area contributed by atoms with Crippen LogP contribution >= 0.6 is 0 Å². The molecule has 0 aliphatic carbocycles. The van der Waals surface area contributed by atoms with Crippen LogP contribution in [0.2, 0.25) is 0 Å². The van der Waals surface area contributed by atoms with Crippen molar-refractivity contribution in [3.8, 4) is 5.75 Å². The van der Waals surface area contributed by atoms with E-state index in [1.165, 1.54) is 24.8 Å². The second kappa shape index (κ2) is 8.98. The summed E-state index contributed by atoms with van der Waals surface area (Å²) in [4.78, 5) is 0. The van der Waals surface area contributed by atoms with Gasteiger partial charge in [0.15, 0.2) is 0 Å². The van der Waals surface area contributed by atoms with Gasteiger partial charge in [0, 0.05) is 6.04 Å². The van der Waals surface area contributed by atoms with Gasteiger partial charge in [0.2, 0.25) is 0 Å². The molecule has 0 heterocycles. The molecule has 0 fully saturated rings. The molecule has 0 bridgehead atoms. The molecule has 19 heavy (non-hydrogen) atoms. The zero-order valence-corrected chi connectivity index (χ0v) is 12.9. The van der Waals surface area contributed by atoms with E-state index in [2.05, 4.69) is 50.4 Å². The minimum Gasteiger partial charge on any atom is -0.494 e. The van der Waals surface area contributed by atoms with Gasteiger partial charge in [-0.05, 0) is 43.5 Å². The first kappa shape index (κ1) is 16.0. The van der Waals surface area contributed by atoms with E-state index in [1.54, 1.807) is 0 Å². The van der Waals surface area contributed by atoms with Crippen molar-refractivity contribution < 1.29 is 4.74 Å². The first-order valence-electron chi connectivity index (χ1n) is 7.63. The summed E-state index contributed by atoms with van der Waals surface area (Å²) in [5.74, 6) is 1.76. The van der Waals surface area contributed by atoms with E-state index in [9.17, 15) is 0 Å². The van der Waals surface area contributed by atoms with Gasteiger partial charge in [0.1, 0.15) is 5.75 Å². The largest absolute Gasteiger partial charge is 0.494 e. The molecule has 0 aliphatic heterocycles. The standard InChI is InChI=1S/C17H29NO/c1-5-18-17(9-7-8-14(3)4)15-10-12-16(13-11-15)19-6-2/h10-14,17-18H,5-9H2,1-4H3. The lowest BCUT2D eigenvalue weighted by atomic mass is 9.98. The second-order valence-electron chi connectivity index (χ2n) is 5.44. The van der Waals surface area contributed by atoms with E-state index >= 15 is 0 Å². The lowest BCUT2D eigenvalue weighted by molar-refractivity contribution is 0.340. The molecule has 1 aromatic carbocycles. The van der Waals surface area contributed by atoms with Crippen LogP contribution in [0.4, 0.5) is 0 Å². The molecule has 1 unspecified atom stereocenters. The minimum absolute atomic E-state index is 0.472. The van der Waals surface area contributed by atoms with Crippen LogP contribution in [-0.2, 0) is 0 Å². The lowest BCUT2D eigenvalue weighted by Gasteiger charge is -2.19. The Morgan fingerprint density at radius 1 is 1.05 bits per heavy atom. The molecule has 0 saturated carbocycles. The highest BCUT2D eigenvalue weighted by Crippen LogP contribution is 2.23. The van der Waals surface area contributed by atoms with Gasteiger partial charge in [-0.2, -0.15) is 0 Å². The van der Waals surface area contributed by atoms with Crippen LogP contribution in [0.3, 0.4) is 0 Å². The van der Waals surface area contributed by atoms with Crippen LogP contribution in [0, 0.1) is 5.92 Å². The average Bonchev–Trinajstić information content (AvgIpc) is 2.39. The summed E-state index contributed by atoms with van der Waals surface area (Å²) >= 11 is 0. The van der Waals surface area contributed by atoms with Gasteiger partial charge in [-0.3, -0.25) is 0 Å². The highest BCUT2D eigenvalue weighted by atomic mass is 16.5. The number of hydrogen-bond donors (Lipinski definition) is 1. The molecule has 1 N–H and O–H groups in total. The Morgan fingerprint density at radius 3 is 2.26 bits per heavy atom. The van der Waals surface area contributed by atoms with Gasteiger partial charge >= 0.3 is 0 Å². The normalized spacial score (nSPS) is 12.7. The fourth-order valence-corrected chi connectivity index (χ4v) is 2.33. The maximum Gasteiger partial charge on any atom is 0.119 e. The van der Waals surface area contributed by atoms with Crippen LogP contribution in [0.15, 0.2) is 24.3 Å². The summed E-state index contributed by atoms with van der Waals surface area (Å²) in [6.45, 7) is 10.5.